The smallest absolute Gasteiger partial charge is 0.287 e. The van der Waals surface area contributed by atoms with Crippen molar-refractivity contribution in [3.8, 4) is 5.75 Å². The van der Waals surface area contributed by atoms with Gasteiger partial charge in [-0.05, 0) is 24.3 Å². The van der Waals surface area contributed by atoms with Gasteiger partial charge in [-0.3, -0.25) is 9.59 Å². The number of amidine groups is 1. The van der Waals surface area contributed by atoms with Crippen molar-refractivity contribution in [1.29, 1.82) is 0 Å². The highest BCUT2D eigenvalue weighted by Gasteiger charge is 2.35. The molecule has 0 aromatic heterocycles. The van der Waals surface area contributed by atoms with Crippen LogP contribution in [0.5, 0.6) is 5.75 Å². The highest BCUT2D eigenvalue weighted by molar-refractivity contribution is 6.31. The van der Waals surface area contributed by atoms with Crippen LogP contribution in [0.15, 0.2) is 51.7 Å². The number of methoxy groups -OCH3 is 1. The number of aliphatic hydroxyl groups excluding tert-OH is 1. The summed E-state index contributed by atoms with van der Waals surface area (Å²) in [4.78, 5) is 32.2. The molecule has 2 heterocycles. The Morgan fingerprint density at radius 2 is 2.21 bits per heavy atom. The number of anilines is 1. The second-order valence-electron chi connectivity index (χ2n) is 4.97. The fraction of sp³-hybridized carbons (Fsp3) is 0.125. The maximum atomic E-state index is 12.5. The minimum atomic E-state index is -0.857. The molecule has 1 aromatic rings. The minimum absolute atomic E-state index is 0.150. The molecule has 0 saturated heterocycles. The van der Waals surface area contributed by atoms with Gasteiger partial charge in [0.15, 0.2) is 0 Å². The van der Waals surface area contributed by atoms with Crippen molar-refractivity contribution in [3.63, 3.8) is 0 Å². The summed E-state index contributed by atoms with van der Waals surface area (Å²) in [6.07, 6.45) is 4.66. The van der Waals surface area contributed by atoms with E-state index in [1.54, 1.807) is 24.3 Å². The van der Waals surface area contributed by atoms with Crippen molar-refractivity contribution < 1.29 is 19.4 Å². The number of rotatable bonds is 3. The number of fused-ring (bicyclic) bond motifs is 1. The maximum absolute atomic E-state index is 12.5. The maximum Gasteiger partial charge on any atom is 0.287 e. The van der Waals surface area contributed by atoms with Crippen LogP contribution in [0.2, 0.25) is 5.02 Å². The van der Waals surface area contributed by atoms with Crippen LogP contribution in [-0.2, 0) is 9.59 Å². The molecule has 1 aromatic carbocycles. The van der Waals surface area contributed by atoms with E-state index < -0.39 is 29.1 Å². The molecule has 8 heteroatoms. The summed E-state index contributed by atoms with van der Waals surface area (Å²) in [7, 11) is 1.43. The van der Waals surface area contributed by atoms with Crippen molar-refractivity contribution >= 4 is 41.2 Å². The van der Waals surface area contributed by atoms with Crippen molar-refractivity contribution in [3.05, 3.63) is 46.7 Å². The summed E-state index contributed by atoms with van der Waals surface area (Å²) in [5, 5.41) is 13.2. The molecular weight excluding hydrogens is 334 g/mol. The monoisotopic (exact) mass is 345 g/mol. The molecule has 0 saturated carbocycles. The number of hydrogen-bond acceptors (Lipinski definition) is 5. The largest absolute Gasteiger partial charge is 0.510 e. The number of carbonyl (C=O) groups excluding carboxylic acids is 2. The molecule has 24 heavy (non-hydrogen) atoms. The summed E-state index contributed by atoms with van der Waals surface area (Å²) >= 11 is 5.91. The molecule has 122 valence electrons. The van der Waals surface area contributed by atoms with E-state index in [0.29, 0.717) is 10.8 Å². The van der Waals surface area contributed by atoms with E-state index in [1.807, 2.05) is 0 Å². The van der Waals surface area contributed by atoms with Crippen molar-refractivity contribution in [2.24, 2.45) is 15.9 Å². The first-order valence-corrected chi connectivity index (χ1v) is 7.31. The van der Waals surface area contributed by atoms with E-state index in [2.05, 4.69) is 15.3 Å². The number of allylic oxidation sites excluding steroid dienone is 1. The second-order valence-corrected chi connectivity index (χ2v) is 5.41. The highest BCUT2D eigenvalue weighted by atomic mass is 35.5. The number of hydrogen-bond donors (Lipinski definition) is 2. The molecule has 2 amide bonds. The molecule has 2 N–H and O–H groups in total. The van der Waals surface area contributed by atoms with Gasteiger partial charge in [-0.2, -0.15) is 4.99 Å². The van der Waals surface area contributed by atoms with Crippen LogP contribution in [0.4, 0.5) is 5.69 Å². The Labute approximate surface area is 142 Å². The Kier molecular flexibility index (Phi) is 4.18. The quantitative estimate of drug-likeness (QED) is 0.821. The van der Waals surface area contributed by atoms with Crippen LogP contribution in [0.1, 0.15) is 0 Å². The predicted molar refractivity (Wildman–Crippen MR) is 89.9 cm³/mol. The molecule has 0 fully saturated rings. The molecule has 0 spiro atoms. The van der Waals surface area contributed by atoms with Crippen LogP contribution in [0.3, 0.4) is 0 Å². The van der Waals surface area contributed by atoms with Crippen LogP contribution < -0.4 is 10.1 Å². The van der Waals surface area contributed by atoms with Crippen molar-refractivity contribution in [2.45, 2.75) is 0 Å². The molecule has 0 radical (unpaired) electrons. The van der Waals surface area contributed by atoms with Gasteiger partial charge in [0.25, 0.3) is 11.8 Å². The first-order valence-electron chi connectivity index (χ1n) is 6.93. The Bertz CT molecular complexity index is 855. The van der Waals surface area contributed by atoms with Gasteiger partial charge >= 0.3 is 0 Å². The molecule has 7 nitrogen and oxygen atoms in total. The van der Waals surface area contributed by atoms with E-state index in [-0.39, 0.29) is 11.5 Å². The number of halogens is 1. The van der Waals surface area contributed by atoms with Gasteiger partial charge < -0.3 is 15.2 Å². The van der Waals surface area contributed by atoms with Crippen LogP contribution >= 0.6 is 11.6 Å². The number of carbonyl (C=O) groups is 2. The third-order valence-electron chi connectivity index (χ3n) is 3.49. The molecule has 1 unspecified atom stereocenters. The summed E-state index contributed by atoms with van der Waals surface area (Å²) in [6.45, 7) is 0. The number of nitrogens with one attached hydrogen (secondary N) is 1. The van der Waals surface area contributed by atoms with Gasteiger partial charge in [-0.25, -0.2) is 4.99 Å². The first-order chi connectivity index (χ1) is 11.5. The first kappa shape index (κ1) is 15.9. The number of nitrogens with zero attached hydrogens (tertiary/aromatic N) is 2. The Morgan fingerprint density at radius 1 is 1.42 bits per heavy atom. The Hall–Kier alpha value is -2.93. The fourth-order valence-corrected chi connectivity index (χ4v) is 2.53. The van der Waals surface area contributed by atoms with E-state index in [9.17, 15) is 14.7 Å². The van der Waals surface area contributed by atoms with Crippen LogP contribution in [0, 0.1) is 5.92 Å². The fourth-order valence-electron chi connectivity index (χ4n) is 2.36. The topological polar surface area (TPSA) is 100 Å². The molecule has 1 atom stereocenters. The lowest BCUT2D eigenvalue weighted by molar-refractivity contribution is -0.119. The van der Waals surface area contributed by atoms with Gasteiger partial charge in [0.05, 0.1) is 18.7 Å². The minimum Gasteiger partial charge on any atom is -0.510 e. The molecule has 0 aliphatic carbocycles. The van der Waals surface area contributed by atoms with Gasteiger partial charge in [0.2, 0.25) is 0 Å². The van der Waals surface area contributed by atoms with Gasteiger partial charge in [0, 0.05) is 11.2 Å². The normalized spacial score (nSPS) is 19.0. The molecular formula is C16H12ClN3O4. The molecule has 3 rings (SSSR count). The van der Waals surface area contributed by atoms with E-state index >= 15 is 0 Å². The lowest BCUT2D eigenvalue weighted by Crippen LogP contribution is -2.31. The van der Waals surface area contributed by atoms with Gasteiger partial charge in [0.1, 0.15) is 22.9 Å². The van der Waals surface area contributed by atoms with Gasteiger partial charge in [-0.15, -0.1) is 0 Å². The zero-order valence-corrected chi connectivity index (χ0v) is 13.2. The van der Waals surface area contributed by atoms with Crippen molar-refractivity contribution in [2.75, 3.05) is 12.4 Å². The number of dihydropyridines is 2. The standard InChI is InChI=1S/C16H12ClN3O4/c1-24-11-5-4-8(17)7-10(11)19-15(22)12-13(21)9-3-2-6-18-14(9)20-16(12)23/h2-7,9,21H,1H3,(H,19,22). The predicted octanol–water partition coefficient (Wildman–Crippen LogP) is 2.29. The van der Waals surface area contributed by atoms with Crippen LogP contribution in [-0.4, -0.2) is 36.1 Å². The zero-order valence-electron chi connectivity index (χ0n) is 12.5. The molecule has 2 aliphatic heterocycles. The lowest BCUT2D eigenvalue weighted by atomic mass is 9.96. The number of benzene rings is 1. The summed E-state index contributed by atoms with van der Waals surface area (Å²) in [5.41, 5.74) is -0.164. The Morgan fingerprint density at radius 3 is 2.96 bits per heavy atom. The molecule has 2 aliphatic rings. The summed E-state index contributed by atoms with van der Waals surface area (Å²) in [5.74, 6) is -2.25. The third kappa shape index (κ3) is 2.81. The van der Waals surface area contributed by atoms with E-state index in [1.165, 1.54) is 19.4 Å². The Balaban J connectivity index is 1.93. The lowest BCUT2D eigenvalue weighted by Gasteiger charge is -2.21. The van der Waals surface area contributed by atoms with Crippen LogP contribution in [0.25, 0.3) is 0 Å². The number of aliphatic imine (C=N–C) groups is 2. The summed E-state index contributed by atoms with van der Waals surface area (Å²) < 4.78 is 5.13. The van der Waals surface area contributed by atoms with Crippen molar-refractivity contribution in [1.82, 2.24) is 0 Å². The second kappa shape index (κ2) is 6.29. The SMILES string of the molecule is COc1ccc(Cl)cc1NC(=O)C1=C(O)C2C=CC=NC2=NC1=O. The van der Waals surface area contributed by atoms with Gasteiger partial charge in [-0.1, -0.05) is 17.7 Å². The third-order valence-corrected chi connectivity index (χ3v) is 3.73. The van der Waals surface area contributed by atoms with E-state index in [4.69, 9.17) is 16.3 Å². The molecule has 0 bridgehead atoms. The summed E-state index contributed by atoms with van der Waals surface area (Å²) in [6, 6.07) is 4.65. The van der Waals surface area contributed by atoms with E-state index in [0.717, 1.165) is 0 Å². The highest BCUT2D eigenvalue weighted by Crippen LogP contribution is 2.30. The average molecular weight is 346 g/mol. The number of ether oxygens (including phenoxy) is 1. The average Bonchev–Trinajstić information content (AvgIpc) is 2.55. The number of amides is 2. The number of aliphatic hydroxyl groups is 1. The zero-order chi connectivity index (χ0) is 17.3.